The SMILES string of the molecule is CC(N)C1CCN(Cc2sccc2Cl)C1.Cl. The Morgan fingerprint density at radius 1 is 1.69 bits per heavy atom. The highest BCUT2D eigenvalue weighted by Crippen LogP contribution is 2.27. The molecule has 0 bridgehead atoms. The van der Waals surface area contributed by atoms with Gasteiger partial charge >= 0.3 is 0 Å². The van der Waals surface area contributed by atoms with Gasteiger partial charge in [-0.1, -0.05) is 11.6 Å². The highest BCUT2D eigenvalue weighted by molar-refractivity contribution is 7.10. The maximum atomic E-state index is 6.08. The number of hydrogen-bond acceptors (Lipinski definition) is 3. The fraction of sp³-hybridized carbons (Fsp3) is 0.636. The number of likely N-dealkylation sites (tertiary alicyclic amines) is 1. The number of nitrogens with zero attached hydrogens (tertiary/aromatic N) is 1. The van der Waals surface area contributed by atoms with Gasteiger partial charge in [-0.25, -0.2) is 0 Å². The number of rotatable bonds is 3. The molecule has 1 saturated heterocycles. The molecule has 2 atom stereocenters. The second-order valence-electron chi connectivity index (χ2n) is 4.33. The lowest BCUT2D eigenvalue weighted by molar-refractivity contribution is 0.311. The van der Waals surface area contributed by atoms with Gasteiger partial charge in [-0.05, 0) is 37.3 Å². The summed E-state index contributed by atoms with van der Waals surface area (Å²) in [5.41, 5.74) is 5.91. The van der Waals surface area contributed by atoms with Crippen LogP contribution in [-0.4, -0.2) is 24.0 Å². The van der Waals surface area contributed by atoms with E-state index >= 15 is 0 Å². The summed E-state index contributed by atoms with van der Waals surface area (Å²) in [6.07, 6.45) is 1.22. The van der Waals surface area contributed by atoms with E-state index in [2.05, 4.69) is 17.2 Å². The minimum Gasteiger partial charge on any atom is -0.328 e. The molecular weight excluding hydrogens is 263 g/mol. The molecule has 2 heterocycles. The Morgan fingerprint density at radius 2 is 2.44 bits per heavy atom. The molecule has 16 heavy (non-hydrogen) atoms. The molecule has 92 valence electrons. The van der Waals surface area contributed by atoms with Gasteiger partial charge in [0.25, 0.3) is 0 Å². The largest absolute Gasteiger partial charge is 0.328 e. The second kappa shape index (κ2) is 6.22. The molecule has 1 aromatic rings. The van der Waals surface area contributed by atoms with Crippen molar-refractivity contribution in [2.45, 2.75) is 25.9 Å². The fourth-order valence-electron chi connectivity index (χ4n) is 2.08. The lowest BCUT2D eigenvalue weighted by atomic mass is 10.0. The van der Waals surface area contributed by atoms with E-state index in [-0.39, 0.29) is 12.4 Å². The molecule has 2 unspecified atom stereocenters. The first-order valence-electron chi connectivity index (χ1n) is 5.36. The van der Waals surface area contributed by atoms with E-state index in [9.17, 15) is 0 Å². The van der Waals surface area contributed by atoms with Crippen molar-refractivity contribution in [3.05, 3.63) is 21.3 Å². The molecule has 1 aliphatic rings. The van der Waals surface area contributed by atoms with E-state index in [1.165, 1.54) is 11.3 Å². The van der Waals surface area contributed by atoms with Crippen molar-refractivity contribution < 1.29 is 0 Å². The van der Waals surface area contributed by atoms with E-state index in [0.29, 0.717) is 12.0 Å². The summed E-state index contributed by atoms with van der Waals surface area (Å²) in [5, 5.41) is 2.96. The Balaban J connectivity index is 0.00000128. The van der Waals surface area contributed by atoms with Gasteiger partial charge < -0.3 is 5.73 Å². The van der Waals surface area contributed by atoms with E-state index < -0.39 is 0 Å². The van der Waals surface area contributed by atoms with Gasteiger partial charge in [0.1, 0.15) is 0 Å². The summed E-state index contributed by atoms with van der Waals surface area (Å²) in [5.74, 6) is 0.656. The van der Waals surface area contributed by atoms with Crippen LogP contribution in [0.15, 0.2) is 11.4 Å². The van der Waals surface area contributed by atoms with Gasteiger partial charge in [0.15, 0.2) is 0 Å². The Hall–Kier alpha value is 0.200. The van der Waals surface area contributed by atoms with Crippen molar-refractivity contribution in [3.63, 3.8) is 0 Å². The molecule has 0 radical (unpaired) electrons. The third-order valence-electron chi connectivity index (χ3n) is 3.11. The molecule has 2 nitrogen and oxygen atoms in total. The molecule has 0 spiro atoms. The predicted octanol–water partition coefficient (Wildman–Crippen LogP) is 2.99. The zero-order chi connectivity index (χ0) is 10.8. The number of halogens is 2. The van der Waals surface area contributed by atoms with Gasteiger partial charge in [0.2, 0.25) is 0 Å². The molecule has 2 rings (SSSR count). The Labute approximate surface area is 112 Å². The molecule has 0 aromatic carbocycles. The maximum Gasteiger partial charge on any atom is 0.0558 e. The smallest absolute Gasteiger partial charge is 0.0558 e. The number of hydrogen-bond donors (Lipinski definition) is 1. The number of thiophene rings is 1. The maximum absolute atomic E-state index is 6.08. The van der Waals surface area contributed by atoms with Crippen LogP contribution in [0.3, 0.4) is 0 Å². The lowest BCUT2D eigenvalue weighted by Crippen LogP contribution is -2.29. The summed E-state index contributed by atoms with van der Waals surface area (Å²) in [6.45, 7) is 5.36. The van der Waals surface area contributed by atoms with E-state index in [1.807, 2.05) is 6.07 Å². The summed E-state index contributed by atoms with van der Waals surface area (Å²) in [7, 11) is 0. The molecule has 0 aliphatic carbocycles. The quantitative estimate of drug-likeness (QED) is 0.923. The first-order chi connectivity index (χ1) is 7.16. The van der Waals surface area contributed by atoms with Crippen LogP contribution in [0.4, 0.5) is 0 Å². The van der Waals surface area contributed by atoms with E-state index in [4.69, 9.17) is 17.3 Å². The second-order valence-corrected chi connectivity index (χ2v) is 5.74. The fourth-order valence-corrected chi connectivity index (χ4v) is 3.21. The van der Waals surface area contributed by atoms with Crippen LogP contribution < -0.4 is 5.73 Å². The van der Waals surface area contributed by atoms with Gasteiger partial charge in [-0.2, -0.15) is 0 Å². The van der Waals surface area contributed by atoms with Gasteiger partial charge in [-0.3, -0.25) is 4.90 Å². The van der Waals surface area contributed by atoms with Crippen molar-refractivity contribution in [2.75, 3.05) is 13.1 Å². The standard InChI is InChI=1S/C11H17ClN2S.ClH/c1-8(13)9-2-4-14(6-9)7-11-10(12)3-5-15-11;/h3,5,8-9H,2,4,6-7,13H2,1H3;1H. The minimum atomic E-state index is 0. The van der Waals surface area contributed by atoms with E-state index in [0.717, 1.165) is 24.7 Å². The third-order valence-corrected chi connectivity index (χ3v) is 4.48. The molecule has 0 amide bonds. The van der Waals surface area contributed by atoms with Gasteiger partial charge in [-0.15, -0.1) is 23.7 Å². The average molecular weight is 281 g/mol. The Morgan fingerprint density at radius 3 is 2.94 bits per heavy atom. The van der Waals surface area contributed by atoms with Crippen LogP contribution >= 0.6 is 35.3 Å². The summed E-state index contributed by atoms with van der Waals surface area (Å²) in [6, 6.07) is 2.29. The normalized spacial score (nSPS) is 23.1. The van der Waals surface area contributed by atoms with Crippen LogP contribution in [0.5, 0.6) is 0 Å². The van der Waals surface area contributed by atoms with Crippen molar-refractivity contribution >= 4 is 35.3 Å². The average Bonchev–Trinajstić information content (AvgIpc) is 2.77. The first-order valence-corrected chi connectivity index (χ1v) is 6.62. The first kappa shape index (κ1) is 14.3. The Kier molecular flexibility index (Phi) is 5.54. The highest BCUT2D eigenvalue weighted by atomic mass is 35.5. The monoisotopic (exact) mass is 280 g/mol. The lowest BCUT2D eigenvalue weighted by Gasteiger charge is -2.17. The van der Waals surface area contributed by atoms with Crippen LogP contribution in [0.2, 0.25) is 5.02 Å². The van der Waals surface area contributed by atoms with Crippen LogP contribution in [0.1, 0.15) is 18.2 Å². The minimum absolute atomic E-state index is 0. The molecule has 1 fully saturated rings. The Bertz CT molecular complexity index is 328. The summed E-state index contributed by atoms with van der Waals surface area (Å²) in [4.78, 5) is 3.73. The zero-order valence-electron chi connectivity index (χ0n) is 9.36. The number of nitrogens with two attached hydrogens (primary N) is 1. The van der Waals surface area contributed by atoms with Crippen molar-refractivity contribution in [3.8, 4) is 0 Å². The van der Waals surface area contributed by atoms with Gasteiger partial charge in [0, 0.05) is 24.0 Å². The predicted molar refractivity (Wildman–Crippen MR) is 73.6 cm³/mol. The molecule has 0 saturated carbocycles. The topological polar surface area (TPSA) is 29.3 Å². The van der Waals surface area contributed by atoms with Crippen LogP contribution in [-0.2, 0) is 6.54 Å². The van der Waals surface area contributed by atoms with Crippen molar-refractivity contribution in [1.29, 1.82) is 0 Å². The highest BCUT2D eigenvalue weighted by Gasteiger charge is 2.25. The summed E-state index contributed by atoms with van der Waals surface area (Å²) >= 11 is 7.82. The molecule has 5 heteroatoms. The summed E-state index contributed by atoms with van der Waals surface area (Å²) < 4.78 is 0. The van der Waals surface area contributed by atoms with E-state index in [1.54, 1.807) is 11.3 Å². The van der Waals surface area contributed by atoms with Crippen LogP contribution in [0, 0.1) is 5.92 Å². The van der Waals surface area contributed by atoms with Crippen molar-refractivity contribution in [2.24, 2.45) is 11.7 Å². The molecular formula is C11H18Cl2N2S. The zero-order valence-corrected chi connectivity index (χ0v) is 11.7. The van der Waals surface area contributed by atoms with Gasteiger partial charge in [0.05, 0.1) is 5.02 Å². The molecule has 1 aromatic heterocycles. The molecule has 2 N–H and O–H groups in total. The van der Waals surface area contributed by atoms with Crippen molar-refractivity contribution in [1.82, 2.24) is 4.90 Å². The van der Waals surface area contributed by atoms with Crippen LogP contribution in [0.25, 0.3) is 0 Å². The third kappa shape index (κ3) is 3.34. The molecule has 1 aliphatic heterocycles.